The number of halogens is 3. The number of carbonyl (C=O) groups excluding carboxylic acids is 2. The van der Waals surface area contributed by atoms with Crippen LogP contribution in [0, 0.1) is 11.3 Å². The van der Waals surface area contributed by atoms with Crippen LogP contribution in [0.5, 0.6) is 0 Å². The Kier molecular flexibility index (Phi) is 5.91. The number of rotatable bonds is 3. The molecule has 3 aliphatic rings. The highest BCUT2D eigenvalue weighted by molar-refractivity contribution is 6.06. The van der Waals surface area contributed by atoms with Crippen molar-refractivity contribution < 1.29 is 22.8 Å². The van der Waals surface area contributed by atoms with Gasteiger partial charge in [0.2, 0.25) is 5.91 Å². The Bertz CT molecular complexity index is 1150. The minimum absolute atomic E-state index is 0.0636. The third-order valence-corrected chi connectivity index (χ3v) is 7.29. The molecule has 0 aromatic heterocycles. The highest BCUT2D eigenvalue weighted by Crippen LogP contribution is 2.57. The van der Waals surface area contributed by atoms with Crippen LogP contribution in [-0.2, 0) is 4.79 Å². The molecule has 3 amide bonds. The summed E-state index contributed by atoms with van der Waals surface area (Å²) in [5, 5.41) is 2.71. The molecule has 2 atom stereocenters. The molecular formula is C27H26F3N3O2. The second kappa shape index (κ2) is 8.91. The van der Waals surface area contributed by atoms with Gasteiger partial charge in [-0.15, -0.1) is 0 Å². The van der Waals surface area contributed by atoms with Gasteiger partial charge in [0.05, 0.1) is 17.4 Å². The zero-order valence-electron chi connectivity index (χ0n) is 19.0. The van der Waals surface area contributed by atoms with Crippen LogP contribution in [0.25, 0.3) is 0 Å². The predicted octanol–water partition coefficient (Wildman–Crippen LogP) is 5.59. The molecule has 2 aliphatic heterocycles. The molecule has 2 unspecified atom stereocenters. The summed E-state index contributed by atoms with van der Waals surface area (Å²) in [5.41, 5.74) is 1.70. The Hall–Kier alpha value is -3.55. The maximum absolute atomic E-state index is 13.5. The number of hydrogen-bond acceptors (Lipinski definition) is 2. The fraction of sp³-hybridized carbons (Fsp3) is 0.333. The van der Waals surface area contributed by atoms with Gasteiger partial charge in [-0.05, 0) is 43.0 Å². The van der Waals surface area contributed by atoms with Crippen LogP contribution < -0.4 is 10.2 Å². The zero-order valence-corrected chi connectivity index (χ0v) is 19.0. The zero-order chi connectivity index (χ0) is 24.6. The van der Waals surface area contributed by atoms with Gasteiger partial charge in [0, 0.05) is 24.5 Å². The molecule has 1 N–H and O–H groups in total. The maximum atomic E-state index is 13.5. The Balaban J connectivity index is 1.28. The largest absolute Gasteiger partial charge is 0.395 e. The average molecular weight is 482 g/mol. The van der Waals surface area contributed by atoms with Crippen molar-refractivity contribution in [3.63, 3.8) is 0 Å². The van der Waals surface area contributed by atoms with Crippen LogP contribution in [-0.4, -0.2) is 36.1 Å². The van der Waals surface area contributed by atoms with E-state index in [1.54, 1.807) is 4.90 Å². The first-order chi connectivity index (χ1) is 16.8. The topological polar surface area (TPSA) is 52.7 Å². The molecule has 2 saturated heterocycles. The lowest BCUT2D eigenvalue weighted by Gasteiger charge is -2.59. The fourth-order valence-electron chi connectivity index (χ4n) is 5.37. The van der Waals surface area contributed by atoms with Gasteiger partial charge < -0.3 is 15.1 Å². The molecule has 0 saturated carbocycles. The molecule has 8 heteroatoms. The summed E-state index contributed by atoms with van der Waals surface area (Å²) < 4.78 is 38.5. The summed E-state index contributed by atoms with van der Waals surface area (Å²) in [4.78, 5) is 29.8. The first-order valence-corrected chi connectivity index (χ1v) is 11.7. The van der Waals surface area contributed by atoms with Gasteiger partial charge in [-0.3, -0.25) is 4.79 Å². The average Bonchev–Trinajstić information content (AvgIpc) is 2.87. The summed E-state index contributed by atoms with van der Waals surface area (Å²) in [6.07, 6.45) is 0.351. The lowest BCUT2D eigenvalue weighted by molar-refractivity contribution is -0.160. The fourth-order valence-corrected chi connectivity index (χ4v) is 5.37. The van der Waals surface area contributed by atoms with E-state index in [2.05, 4.69) is 5.32 Å². The number of para-hydroxylation sites is 1. The number of piperidine rings is 1. The Morgan fingerprint density at radius 3 is 2.17 bits per heavy atom. The first-order valence-electron chi connectivity index (χ1n) is 11.7. The van der Waals surface area contributed by atoms with E-state index in [1.807, 2.05) is 65.6 Å². The van der Waals surface area contributed by atoms with Gasteiger partial charge >= 0.3 is 12.2 Å². The lowest BCUT2D eigenvalue weighted by atomic mass is 9.62. The molecular weight excluding hydrogens is 455 g/mol. The number of amides is 3. The van der Waals surface area contributed by atoms with Crippen LogP contribution in [0.2, 0.25) is 0 Å². The first kappa shape index (κ1) is 23.2. The van der Waals surface area contributed by atoms with Crippen LogP contribution in [0.1, 0.15) is 30.9 Å². The SMILES string of the molecule is O=C(NC1=CCC(C(F)(F)F)C=C1)N1CCC2(CC1)C(=O)N(c1ccccc1)C2c1ccccc1. The number of β-lactam (4-membered cyclic amide) rings is 1. The Morgan fingerprint density at radius 1 is 0.971 bits per heavy atom. The number of likely N-dealkylation sites (tertiary alicyclic amines) is 1. The number of hydrogen-bond donors (Lipinski definition) is 1. The summed E-state index contributed by atoms with van der Waals surface area (Å²) >= 11 is 0. The van der Waals surface area contributed by atoms with E-state index in [-0.39, 0.29) is 24.4 Å². The van der Waals surface area contributed by atoms with Crippen LogP contribution in [0.3, 0.4) is 0 Å². The second-order valence-corrected chi connectivity index (χ2v) is 9.30. The van der Waals surface area contributed by atoms with Crippen LogP contribution >= 0.6 is 0 Å². The van der Waals surface area contributed by atoms with E-state index in [9.17, 15) is 22.8 Å². The number of benzene rings is 2. The molecule has 1 spiro atoms. The Morgan fingerprint density at radius 2 is 1.60 bits per heavy atom. The molecule has 35 heavy (non-hydrogen) atoms. The summed E-state index contributed by atoms with van der Waals surface area (Å²) in [6.45, 7) is 0.789. The number of carbonyl (C=O) groups is 2. The maximum Gasteiger partial charge on any atom is 0.395 e. The lowest BCUT2D eigenvalue weighted by Crippen LogP contribution is -2.67. The third-order valence-electron chi connectivity index (χ3n) is 7.29. The van der Waals surface area contributed by atoms with Gasteiger partial charge in [0.1, 0.15) is 0 Å². The molecule has 0 bridgehead atoms. The summed E-state index contributed by atoms with van der Waals surface area (Å²) in [7, 11) is 0. The normalized spacial score (nSPS) is 23.6. The van der Waals surface area contributed by atoms with E-state index in [4.69, 9.17) is 0 Å². The monoisotopic (exact) mass is 481 g/mol. The Labute approximate surface area is 201 Å². The van der Waals surface area contributed by atoms with Crippen molar-refractivity contribution in [2.75, 3.05) is 18.0 Å². The minimum Gasteiger partial charge on any atom is -0.324 e. The number of allylic oxidation sites excluding steroid dienone is 3. The highest BCUT2D eigenvalue weighted by atomic mass is 19.4. The number of urea groups is 1. The molecule has 5 nitrogen and oxygen atoms in total. The van der Waals surface area contributed by atoms with Crippen molar-refractivity contribution in [2.24, 2.45) is 11.3 Å². The van der Waals surface area contributed by atoms with Gasteiger partial charge in [-0.2, -0.15) is 13.2 Å². The van der Waals surface area contributed by atoms with Crippen molar-refractivity contribution in [1.29, 1.82) is 0 Å². The molecule has 5 rings (SSSR count). The van der Waals surface area contributed by atoms with E-state index >= 15 is 0 Å². The highest BCUT2D eigenvalue weighted by Gasteiger charge is 2.62. The summed E-state index contributed by atoms with van der Waals surface area (Å²) in [5.74, 6) is -1.46. The predicted molar refractivity (Wildman–Crippen MR) is 126 cm³/mol. The minimum atomic E-state index is -4.29. The second-order valence-electron chi connectivity index (χ2n) is 9.30. The smallest absolute Gasteiger partial charge is 0.324 e. The van der Waals surface area contributed by atoms with Crippen molar-refractivity contribution >= 4 is 17.6 Å². The number of anilines is 1. The standard InChI is InChI=1S/C27H26F3N3O2/c28-27(29,30)20-11-13-21(14-12-20)31-25(35)32-17-15-26(16-18-32)23(19-7-3-1-4-8-19)33(24(26)34)22-9-5-2-6-10-22/h1-11,13-14,20,23H,12,15-18H2,(H,31,35). The van der Waals surface area contributed by atoms with E-state index in [1.165, 1.54) is 12.2 Å². The van der Waals surface area contributed by atoms with Crippen LogP contribution in [0.4, 0.5) is 23.7 Å². The van der Waals surface area contributed by atoms with Gasteiger partial charge in [-0.25, -0.2) is 4.79 Å². The summed E-state index contributed by atoms with van der Waals surface area (Å²) in [6, 6.07) is 19.1. The number of alkyl halides is 3. The molecule has 182 valence electrons. The quantitative estimate of drug-likeness (QED) is 0.582. The van der Waals surface area contributed by atoms with Crippen molar-refractivity contribution in [3.05, 3.63) is 90.2 Å². The van der Waals surface area contributed by atoms with E-state index in [0.717, 1.165) is 17.3 Å². The van der Waals surface area contributed by atoms with E-state index in [0.29, 0.717) is 31.6 Å². The number of nitrogens with zero attached hydrogens (tertiary/aromatic N) is 2. The van der Waals surface area contributed by atoms with Gasteiger partial charge in [0.15, 0.2) is 0 Å². The molecule has 0 radical (unpaired) electrons. The van der Waals surface area contributed by atoms with Crippen LogP contribution in [0.15, 0.2) is 84.6 Å². The molecule has 2 fully saturated rings. The molecule has 2 aromatic carbocycles. The van der Waals surface area contributed by atoms with Crippen molar-refractivity contribution in [1.82, 2.24) is 10.2 Å². The molecule has 1 aliphatic carbocycles. The van der Waals surface area contributed by atoms with E-state index < -0.39 is 17.5 Å². The van der Waals surface area contributed by atoms with Gasteiger partial charge in [0.25, 0.3) is 0 Å². The number of nitrogens with one attached hydrogen (secondary N) is 1. The third kappa shape index (κ3) is 4.22. The van der Waals surface area contributed by atoms with Crippen molar-refractivity contribution in [2.45, 2.75) is 31.5 Å². The van der Waals surface area contributed by atoms with Gasteiger partial charge in [-0.1, -0.05) is 60.7 Å². The molecule has 2 heterocycles. The van der Waals surface area contributed by atoms with Crippen molar-refractivity contribution in [3.8, 4) is 0 Å². The molecule has 2 aromatic rings.